The van der Waals surface area contributed by atoms with Crippen molar-refractivity contribution in [3.63, 3.8) is 0 Å². The Hall–Kier alpha value is -2.14. The molecule has 2 heterocycles. The molecule has 0 bridgehead atoms. The Labute approximate surface area is 142 Å². The lowest BCUT2D eigenvalue weighted by molar-refractivity contribution is -0.143. The van der Waals surface area contributed by atoms with Crippen LogP contribution in [0.5, 0.6) is 0 Å². The number of ether oxygens (including phenoxy) is 1. The van der Waals surface area contributed by atoms with Crippen LogP contribution in [0.15, 0.2) is 30.5 Å². The van der Waals surface area contributed by atoms with E-state index in [2.05, 4.69) is 34.0 Å². The third kappa shape index (κ3) is 2.53. The number of rotatable bonds is 3. The lowest BCUT2D eigenvalue weighted by Crippen LogP contribution is -2.44. The minimum absolute atomic E-state index is 0.120. The number of methoxy groups -OCH3 is 1. The van der Waals surface area contributed by atoms with Crippen molar-refractivity contribution in [1.82, 2.24) is 9.88 Å². The molecule has 5 heteroatoms. The lowest BCUT2D eigenvalue weighted by Gasteiger charge is -2.33. The highest BCUT2D eigenvalue weighted by Crippen LogP contribution is 2.49. The standard InChI is InChI=1S/C19H23N3O2/c1-21-7-9-22(10-8-21)16-12-14-11-15(3-4-17(14)20-13-16)19(5-6-19)18(23)24-2/h3-4,11-13H,5-10H2,1-2H3. The zero-order valence-electron chi connectivity index (χ0n) is 14.3. The third-order valence-corrected chi connectivity index (χ3v) is 5.41. The van der Waals surface area contributed by atoms with Gasteiger partial charge in [0.1, 0.15) is 0 Å². The van der Waals surface area contributed by atoms with Gasteiger partial charge in [0.25, 0.3) is 0 Å². The van der Waals surface area contributed by atoms with Crippen molar-refractivity contribution in [2.45, 2.75) is 18.3 Å². The Morgan fingerprint density at radius 2 is 1.92 bits per heavy atom. The summed E-state index contributed by atoms with van der Waals surface area (Å²) in [5.74, 6) is -0.120. The molecule has 0 spiro atoms. The Morgan fingerprint density at radius 3 is 2.58 bits per heavy atom. The van der Waals surface area contributed by atoms with Gasteiger partial charge in [0, 0.05) is 31.6 Å². The number of fused-ring (bicyclic) bond motifs is 1. The maximum Gasteiger partial charge on any atom is 0.316 e. The molecule has 1 saturated heterocycles. The van der Waals surface area contributed by atoms with Crippen LogP contribution in [0, 0.1) is 0 Å². The number of carbonyl (C=O) groups is 1. The van der Waals surface area contributed by atoms with Crippen LogP contribution in [0.25, 0.3) is 10.9 Å². The number of pyridine rings is 1. The normalized spacial score (nSPS) is 20.2. The van der Waals surface area contributed by atoms with Crippen LogP contribution in [-0.4, -0.2) is 56.2 Å². The topological polar surface area (TPSA) is 45.7 Å². The molecule has 24 heavy (non-hydrogen) atoms. The molecule has 0 unspecified atom stereocenters. The summed E-state index contributed by atoms with van der Waals surface area (Å²) in [5, 5.41) is 1.10. The molecule has 0 amide bonds. The smallest absolute Gasteiger partial charge is 0.316 e. The molecule has 0 atom stereocenters. The minimum atomic E-state index is -0.424. The van der Waals surface area contributed by atoms with Gasteiger partial charge in [-0.25, -0.2) is 0 Å². The number of hydrogen-bond donors (Lipinski definition) is 0. The summed E-state index contributed by atoms with van der Waals surface area (Å²) in [7, 11) is 3.63. The molecule has 4 rings (SSSR count). The Balaban J connectivity index is 1.67. The third-order valence-electron chi connectivity index (χ3n) is 5.41. The number of nitrogens with zero attached hydrogens (tertiary/aromatic N) is 3. The molecule has 2 fully saturated rings. The fourth-order valence-corrected chi connectivity index (χ4v) is 3.59. The van der Waals surface area contributed by atoms with Gasteiger partial charge < -0.3 is 14.5 Å². The van der Waals surface area contributed by atoms with E-state index in [1.54, 1.807) is 0 Å². The predicted molar refractivity (Wildman–Crippen MR) is 94.4 cm³/mol. The fourth-order valence-electron chi connectivity index (χ4n) is 3.59. The SMILES string of the molecule is COC(=O)C1(c2ccc3ncc(N4CCN(C)CC4)cc3c2)CC1. The van der Waals surface area contributed by atoms with E-state index < -0.39 is 5.41 Å². The van der Waals surface area contributed by atoms with Gasteiger partial charge in [-0.05, 0) is 43.7 Å². The van der Waals surface area contributed by atoms with Crippen molar-refractivity contribution in [3.05, 3.63) is 36.0 Å². The average Bonchev–Trinajstić information content (AvgIpc) is 3.42. The monoisotopic (exact) mass is 325 g/mol. The van der Waals surface area contributed by atoms with Crippen LogP contribution in [0.2, 0.25) is 0 Å². The van der Waals surface area contributed by atoms with Crippen molar-refractivity contribution < 1.29 is 9.53 Å². The molecule has 1 aromatic carbocycles. The average molecular weight is 325 g/mol. The van der Waals surface area contributed by atoms with Gasteiger partial charge in [-0.2, -0.15) is 0 Å². The summed E-state index contributed by atoms with van der Waals surface area (Å²) in [6.45, 7) is 4.19. The van der Waals surface area contributed by atoms with E-state index in [9.17, 15) is 4.79 Å². The quantitative estimate of drug-likeness (QED) is 0.810. The number of piperazine rings is 1. The number of anilines is 1. The Bertz CT molecular complexity index is 777. The van der Waals surface area contributed by atoms with E-state index in [1.165, 1.54) is 7.11 Å². The van der Waals surface area contributed by atoms with Crippen LogP contribution in [-0.2, 0) is 14.9 Å². The summed E-state index contributed by atoms with van der Waals surface area (Å²) in [5.41, 5.74) is 2.76. The molecule has 126 valence electrons. The molecule has 1 aromatic heterocycles. The van der Waals surface area contributed by atoms with E-state index in [0.717, 1.165) is 61.2 Å². The highest BCUT2D eigenvalue weighted by molar-refractivity contribution is 5.90. The molecule has 0 radical (unpaired) electrons. The van der Waals surface area contributed by atoms with Crippen molar-refractivity contribution in [2.24, 2.45) is 0 Å². The second-order valence-corrected chi connectivity index (χ2v) is 6.97. The summed E-state index contributed by atoms with van der Waals surface area (Å²) in [6, 6.07) is 8.35. The van der Waals surface area contributed by atoms with Crippen LogP contribution < -0.4 is 4.90 Å². The zero-order valence-corrected chi connectivity index (χ0v) is 14.3. The molecule has 1 aliphatic heterocycles. The van der Waals surface area contributed by atoms with Gasteiger partial charge in [0.2, 0.25) is 0 Å². The fraction of sp³-hybridized carbons (Fsp3) is 0.474. The first-order valence-corrected chi connectivity index (χ1v) is 8.55. The second kappa shape index (κ2) is 5.74. The minimum Gasteiger partial charge on any atom is -0.468 e. The van der Waals surface area contributed by atoms with Crippen molar-refractivity contribution in [3.8, 4) is 0 Å². The molecule has 5 nitrogen and oxygen atoms in total. The molecular formula is C19H23N3O2. The summed E-state index contributed by atoms with van der Waals surface area (Å²) in [4.78, 5) is 21.5. The van der Waals surface area contributed by atoms with Crippen LogP contribution in [0.3, 0.4) is 0 Å². The maximum atomic E-state index is 12.1. The summed E-state index contributed by atoms with van der Waals surface area (Å²) < 4.78 is 5.01. The zero-order chi connectivity index (χ0) is 16.7. The van der Waals surface area contributed by atoms with Crippen LogP contribution in [0.1, 0.15) is 18.4 Å². The number of aromatic nitrogens is 1. The number of carbonyl (C=O) groups excluding carboxylic acids is 1. The largest absolute Gasteiger partial charge is 0.468 e. The number of benzene rings is 1. The molecule has 0 N–H and O–H groups in total. The first kappa shape index (κ1) is 15.4. The van der Waals surface area contributed by atoms with Crippen LogP contribution in [0.4, 0.5) is 5.69 Å². The van der Waals surface area contributed by atoms with Crippen molar-refractivity contribution in [1.29, 1.82) is 0 Å². The number of hydrogen-bond acceptors (Lipinski definition) is 5. The van der Waals surface area contributed by atoms with Gasteiger partial charge in [-0.1, -0.05) is 6.07 Å². The number of esters is 1. The summed E-state index contributed by atoms with van der Waals surface area (Å²) in [6.07, 6.45) is 3.70. The Morgan fingerprint density at radius 1 is 1.17 bits per heavy atom. The van der Waals surface area contributed by atoms with Gasteiger partial charge >= 0.3 is 5.97 Å². The van der Waals surface area contributed by atoms with E-state index in [1.807, 2.05) is 18.3 Å². The second-order valence-electron chi connectivity index (χ2n) is 6.97. The first-order chi connectivity index (χ1) is 11.6. The van der Waals surface area contributed by atoms with Crippen molar-refractivity contribution >= 4 is 22.6 Å². The highest BCUT2D eigenvalue weighted by Gasteiger charge is 2.52. The molecule has 1 aliphatic carbocycles. The molecular weight excluding hydrogens is 302 g/mol. The molecule has 2 aliphatic rings. The summed E-state index contributed by atoms with van der Waals surface area (Å²) >= 11 is 0. The van der Waals surface area contributed by atoms with Crippen molar-refractivity contribution in [2.75, 3.05) is 45.2 Å². The highest BCUT2D eigenvalue weighted by atomic mass is 16.5. The van der Waals surface area contributed by atoms with Gasteiger partial charge in [-0.3, -0.25) is 9.78 Å². The van der Waals surface area contributed by atoms with Gasteiger partial charge in [0.15, 0.2) is 0 Å². The van der Waals surface area contributed by atoms with Gasteiger partial charge in [-0.15, -0.1) is 0 Å². The van der Waals surface area contributed by atoms with E-state index in [4.69, 9.17) is 4.74 Å². The van der Waals surface area contributed by atoms with E-state index in [0.29, 0.717) is 0 Å². The number of likely N-dealkylation sites (N-methyl/N-ethyl adjacent to an activating group) is 1. The predicted octanol–water partition coefficient (Wildman–Crippen LogP) is 2.19. The Kier molecular flexibility index (Phi) is 3.68. The lowest BCUT2D eigenvalue weighted by atomic mass is 9.94. The van der Waals surface area contributed by atoms with Gasteiger partial charge in [0.05, 0.1) is 29.9 Å². The maximum absolute atomic E-state index is 12.1. The van der Waals surface area contributed by atoms with E-state index >= 15 is 0 Å². The van der Waals surface area contributed by atoms with E-state index in [-0.39, 0.29) is 5.97 Å². The molecule has 2 aromatic rings. The first-order valence-electron chi connectivity index (χ1n) is 8.55. The van der Waals surface area contributed by atoms with Crippen LogP contribution >= 0.6 is 0 Å². The molecule has 1 saturated carbocycles.